The number of hydrogen-bond donors (Lipinski definition) is 0. The van der Waals surface area contributed by atoms with E-state index < -0.39 is 0 Å². The second-order valence-corrected chi connectivity index (χ2v) is 11.3. The van der Waals surface area contributed by atoms with Crippen LogP contribution >= 0.6 is 0 Å². The Morgan fingerprint density at radius 2 is 1.63 bits per heavy atom. The molecule has 2 rings (SSSR count). The molecule has 0 bridgehead atoms. The molecule has 0 aromatic rings. The van der Waals surface area contributed by atoms with Gasteiger partial charge >= 0.3 is 0 Å². The Balaban J connectivity index is 2.43. The van der Waals surface area contributed by atoms with Crippen LogP contribution in [0.3, 0.4) is 0 Å². The van der Waals surface area contributed by atoms with Crippen LogP contribution in [0.1, 0.15) is 120 Å². The summed E-state index contributed by atoms with van der Waals surface area (Å²) >= 11 is 0. The molecule has 2 aliphatic carbocycles. The van der Waals surface area contributed by atoms with E-state index in [1.165, 1.54) is 70.0 Å². The largest absolute Gasteiger partial charge is 0.501 e. The smallest absolute Gasteiger partial charge is 0.101 e. The van der Waals surface area contributed by atoms with Crippen LogP contribution in [0.2, 0.25) is 0 Å². The van der Waals surface area contributed by atoms with Gasteiger partial charge in [-0.2, -0.15) is 0 Å². The van der Waals surface area contributed by atoms with Crippen molar-refractivity contribution in [2.24, 2.45) is 27.6 Å². The van der Waals surface area contributed by atoms with Crippen molar-refractivity contribution in [1.82, 2.24) is 0 Å². The van der Waals surface area contributed by atoms with Crippen LogP contribution in [-0.4, -0.2) is 7.11 Å². The maximum atomic E-state index is 6.13. The van der Waals surface area contributed by atoms with E-state index in [-0.39, 0.29) is 5.41 Å². The van der Waals surface area contributed by atoms with Crippen molar-refractivity contribution in [2.75, 3.05) is 7.11 Å². The summed E-state index contributed by atoms with van der Waals surface area (Å²) in [6.07, 6.45) is 13.2. The summed E-state index contributed by atoms with van der Waals surface area (Å²) in [5.41, 5.74) is 2.91. The summed E-state index contributed by atoms with van der Waals surface area (Å²) in [7, 11) is 1.92. The van der Waals surface area contributed by atoms with Crippen LogP contribution in [0, 0.1) is 27.6 Å². The van der Waals surface area contributed by atoms with Gasteiger partial charge in [-0.1, -0.05) is 81.1 Å². The molecule has 1 heteroatoms. The second kappa shape index (κ2) is 8.11. The van der Waals surface area contributed by atoms with E-state index >= 15 is 0 Å². The van der Waals surface area contributed by atoms with Gasteiger partial charge in [-0.05, 0) is 66.3 Å². The average Bonchev–Trinajstić information content (AvgIpc) is 2.58. The molecule has 0 aromatic carbocycles. The molecule has 1 saturated carbocycles. The molecule has 0 radical (unpaired) electrons. The third-order valence-electron chi connectivity index (χ3n) is 9.39. The fourth-order valence-electron chi connectivity index (χ4n) is 6.97. The molecule has 0 heterocycles. The summed E-state index contributed by atoms with van der Waals surface area (Å²) < 4.78 is 6.13. The molecule has 2 aliphatic rings. The number of hydrogen-bond acceptors (Lipinski definition) is 1. The van der Waals surface area contributed by atoms with Crippen LogP contribution in [0.5, 0.6) is 0 Å². The van der Waals surface area contributed by atoms with Gasteiger partial charge in [0, 0.05) is 5.41 Å². The van der Waals surface area contributed by atoms with Gasteiger partial charge in [0.05, 0.1) is 7.11 Å². The summed E-state index contributed by atoms with van der Waals surface area (Å²) in [5, 5.41) is 0. The Morgan fingerprint density at radius 3 is 2.19 bits per heavy atom. The first-order valence-electron chi connectivity index (χ1n) is 11.8. The van der Waals surface area contributed by atoms with Crippen LogP contribution in [0.4, 0.5) is 0 Å². The first-order valence-corrected chi connectivity index (χ1v) is 11.8. The van der Waals surface area contributed by atoms with Gasteiger partial charge in [-0.3, -0.25) is 0 Å². The summed E-state index contributed by atoms with van der Waals surface area (Å²) in [5.74, 6) is 2.15. The van der Waals surface area contributed by atoms with Crippen LogP contribution in [0.25, 0.3) is 0 Å². The Morgan fingerprint density at radius 1 is 0.963 bits per heavy atom. The van der Waals surface area contributed by atoms with Gasteiger partial charge in [0.25, 0.3) is 0 Å². The van der Waals surface area contributed by atoms with Crippen molar-refractivity contribution in [3.05, 3.63) is 11.3 Å². The Bertz CT molecular complexity index is 544. The number of rotatable bonds is 8. The molecule has 1 nitrogen and oxygen atoms in total. The highest BCUT2D eigenvalue weighted by Crippen LogP contribution is 2.71. The summed E-state index contributed by atoms with van der Waals surface area (Å²) in [4.78, 5) is 0. The van der Waals surface area contributed by atoms with Gasteiger partial charge in [-0.15, -0.1) is 0 Å². The lowest BCUT2D eigenvalue weighted by Gasteiger charge is -2.65. The highest BCUT2D eigenvalue weighted by Gasteiger charge is 2.63. The van der Waals surface area contributed by atoms with E-state index in [0.29, 0.717) is 16.2 Å². The van der Waals surface area contributed by atoms with E-state index in [4.69, 9.17) is 4.74 Å². The summed E-state index contributed by atoms with van der Waals surface area (Å²) in [6, 6.07) is 0. The molecule has 0 saturated heterocycles. The lowest BCUT2D eigenvalue weighted by molar-refractivity contribution is -0.143. The fraction of sp³-hybridized carbons (Fsp3) is 0.923. The van der Waals surface area contributed by atoms with Gasteiger partial charge in [0.1, 0.15) is 5.76 Å². The SMILES string of the molecule is CCCCCC1=C(OC)C(C)(C)C2(C)CCC(C)(C(C)CCC)CC2(C)C1. The van der Waals surface area contributed by atoms with Crippen molar-refractivity contribution >= 4 is 0 Å². The second-order valence-electron chi connectivity index (χ2n) is 11.3. The minimum absolute atomic E-state index is 0.117. The number of methoxy groups -OCH3 is 1. The molecule has 1 fully saturated rings. The predicted molar refractivity (Wildman–Crippen MR) is 119 cm³/mol. The van der Waals surface area contributed by atoms with E-state index in [1.54, 1.807) is 5.57 Å². The van der Waals surface area contributed by atoms with Gasteiger partial charge in [0.2, 0.25) is 0 Å². The van der Waals surface area contributed by atoms with Crippen LogP contribution in [-0.2, 0) is 4.74 Å². The van der Waals surface area contributed by atoms with Crippen molar-refractivity contribution in [1.29, 1.82) is 0 Å². The lowest BCUT2D eigenvalue weighted by Crippen LogP contribution is -2.58. The van der Waals surface area contributed by atoms with Gasteiger partial charge in [0.15, 0.2) is 0 Å². The molecular formula is C26H48O. The highest BCUT2D eigenvalue weighted by atomic mass is 16.5. The molecule has 27 heavy (non-hydrogen) atoms. The normalized spacial score (nSPS) is 37.1. The van der Waals surface area contributed by atoms with E-state index in [2.05, 4.69) is 55.4 Å². The Kier molecular flexibility index (Phi) is 6.86. The molecule has 0 spiro atoms. The topological polar surface area (TPSA) is 9.23 Å². The highest BCUT2D eigenvalue weighted by molar-refractivity contribution is 5.29. The molecule has 0 aromatic heterocycles. The van der Waals surface area contributed by atoms with Crippen LogP contribution in [0.15, 0.2) is 11.3 Å². The molecule has 158 valence electrons. The van der Waals surface area contributed by atoms with Crippen molar-refractivity contribution in [2.45, 2.75) is 120 Å². The zero-order valence-electron chi connectivity index (χ0n) is 20.1. The van der Waals surface area contributed by atoms with Crippen molar-refractivity contribution in [3.63, 3.8) is 0 Å². The first-order chi connectivity index (χ1) is 12.5. The van der Waals surface area contributed by atoms with Crippen LogP contribution < -0.4 is 0 Å². The number of unbranched alkanes of at least 4 members (excludes halogenated alkanes) is 2. The number of allylic oxidation sites excluding steroid dienone is 2. The molecular weight excluding hydrogens is 328 g/mol. The minimum atomic E-state index is 0.117. The monoisotopic (exact) mass is 376 g/mol. The molecule has 0 N–H and O–H groups in total. The maximum absolute atomic E-state index is 6.13. The maximum Gasteiger partial charge on any atom is 0.101 e. The third-order valence-corrected chi connectivity index (χ3v) is 9.39. The fourth-order valence-corrected chi connectivity index (χ4v) is 6.97. The summed E-state index contributed by atoms with van der Waals surface area (Å²) in [6.45, 7) is 19.9. The minimum Gasteiger partial charge on any atom is -0.501 e. The zero-order valence-corrected chi connectivity index (χ0v) is 20.1. The van der Waals surface area contributed by atoms with Gasteiger partial charge < -0.3 is 4.74 Å². The molecule has 0 aliphatic heterocycles. The zero-order chi connectivity index (χ0) is 20.5. The number of fused-ring (bicyclic) bond motifs is 1. The van der Waals surface area contributed by atoms with Crippen molar-refractivity contribution in [3.8, 4) is 0 Å². The lowest BCUT2D eigenvalue weighted by atomic mass is 9.39. The Hall–Kier alpha value is -0.460. The van der Waals surface area contributed by atoms with E-state index in [9.17, 15) is 0 Å². The molecule has 4 unspecified atom stereocenters. The number of ether oxygens (including phenoxy) is 1. The van der Waals surface area contributed by atoms with E-state index in [0.717, 1.165) is 5.92 Å². The van der Waals surface area contributed by atoms with E-state index in [1.807, 2.05) is 7.11 Å². The molecule has 0 amide bonds. The predicted octanol–water partition coefficient (Wildman–Crippen LogP) is 8.54. The van der Waals surface area contributed by atoms with Gasteiger partial charge in [-0.25, -0.2) is 0 Å². The average molecular weight is 377 g/mol. The Labute approximate surface area is 170 Å². The first kappa shape index (κ1) is 22.8. The van der Waals surface area contributed by atoms with Crippen molar-refractivity contribution < 1.29 is 4.74 Å². The third kappa shape index (κ3) is 3.74. The molecule has 4 atom stereocenters. The quantitative estimate of drug-likeness (QED) is 0.386. The standard InChI is InChI=1S/C26H48O/c1-10-12-13-15-21-18-25(7)19-24(6,20(3)14-11-2)16-17-26(25,8)23(4,5)22(21)27-9/h20H,10-19H2,1-9H3.